The number of hydrogen-bond acceptors (Lipinski definition) is 2. The van der Waals surface area contributed by atoms with Crippen molar-refractivity contribution in [2.45, 2.75) is 117 Å². The third kappa shape index (κ3) is 3.75. The van der Waals surface area contributed by atoms with Gasteiger partial charge in [-0.25, -0.2) is 0 Å². The summed E-state index contributed by atoms with van der Waals surface area (Å²) in [6.45, 7) is 11.6. The average molecular weight is 403 g/mol. The fourth-order valence-corrected chi connectivity index (χ4v) is 8.72. The third-order valence-electron chi connectivity index (χ3n) is 10.4. The van der Waals surface area contributed by atoms with Crippen molar-refractivity contribution in [1.82, 2.24) is 0 Å². The number of hydrogen-bond donors (Lipinski definition) is 2. The van der Waals surface area contributed by atoms with Crippen molar-refractivity contribution in [3.8, 4) is 0 Å². The van der Waals surface area contributed by atoms with Gasteiger partial charge in [0.05, 0.1) is 11.7 Å². The van der Waals surface area contributed by atoms with E-state index < -0.39 is 5.60 Å². The molecule has 0 bridgehead atoms. The van der Waals surface area contributed by atoms with Gasteiger partial charge in [-0.3, -0.25) is 0 Å². The molecule has 0 aromatic rings. The van der Waals surface area contributed by atoms with E-state index in [2.05, 4.69) is 26.8 Å². The summed E-state index contributed by atoms with van der Waals surface area (Å²) >= 11 is 0. The minimum atomic E-state index is -0.485. The Hall–Kier alpha value is -0.340. The van der Waals surface area contributed by atoms with Crippen LogP contribution in [-0.4, -0.2) is 21.9 Å². The van der Waals surface area contributed by atoms with Crippen LogP contribution in [0.5, 0.6) is 0 Å². The van der Waals surface area contributed by atoms with Crippen LogP contribution in [-0.2, 0) is 0 Å². The molecule has 4 aliphatic rings. The number of fused-ring (bicyclic) bond motifs is 5. The zero-order chi connectivity index (χ0) is 21.0. The Labute approximate surface area is 179 Å². The first-order valence-electron chi connectivity index (χ1n) is 12.7. The van der Waals surface area contributed by atoms with Crippen molar-refractivity contribution in [1.29, 1.82) is 0 Å². The highest BCUT2D eigenvalue weighted by atomic mass is 16.3. The summed E-state index contributed by atoms with van der Waals surface area (Å²) in [5, 5.41) is 20.3. The fourth-order valence-electron chi connectivity index (χ4n) is 8.72. The maximum absolute atomic E-state index is 10.7. The smallest absolute Gasteiger partial charge is 0.0657 e. The Morgan fingerprint density at radius 3 is 2.48 bits per heavy atom. The first kappa shape index (κ1) is 21.9. The Balaban J connectivity index is 1.50. The molecule has 4 rings (SSSR count). The Kier molecular flexibility index (Phi) is 5.78. The van der Waals surface area contributed by atoms with Crippen LogP contribution in [0.2, 0.25) is 0 Å². The van der Waals surface area contributed by atoms with Gasteiger partial charge in [-0.2, -0.15) is 0 Å². The lowest BCUT2D eigenvalue weighted by Crippen LogP contribution is -2.52. The van der Waals surface area contributed by atoms with Crippen LogP contribution in [0.25, 0.3) is 0 Å². The molecule has 0 amide bonds. The van der Waals surface area contributed by atoms with Crippen LogP contribution in [0, 0.1) is 40.4 Å². The largest absolute Gasteiger partial charge is 0.393 e. The van der Waals surface area contributed by atoms with E-state index in [4.69, 9.17) is 0 Å². The molecular formula is C27H46O2. The maximum atomic E-state index is 10.7. The lowest BCUT2D eigenvalue weighted by atomic mass is 9.46. The van der Waals surface area contributed by atoms with Gasteiger partial charge in [-0.05, 0) is 112 Å². The highest BCUT2D eigenvalue weighted by molar-refractivity contribution is 5.26. The first-order chi connectivity index (χ1) is 13.6. The summed E-state index contributed by atoms with van der Waals surface area (Å²) in [7, 11) is 0. The normalized spacial score (nSPS) is 48.9. The van der Waals surface area contributed by atoms with Crippen LogP contribution < -0.4 is 0 Å². The van der Waals surface area contributed by atoms with Crippen molar-refractivity contribution < 1.29 is 10.2 Å². The molecule has 9 atom stereocenters. The summed E-state index contributed by atoms with van der Waals surface area (Å²) in [5.41, 5.74) is 1.96. The van der Waals surface area contributed by atoms with Crippen LogP contribution in [0.1, 0.15) is 105 Å². The second-order valence-corrected chi connectivity index (χ2v) is 12.4. The molecule has 29 heavy (non-hydrogen) atoms. The molecule has 0 spiro atoms. The average Bonchev–Trinajstić information content (AvgIpc) is 2.99. The van der Waals surface area contributed by atoms with Gasteiger partial charge in [0, 0.05) is 0 Å². The molecule has 4 aliphatic carbocycles. The summed E-state index contributed by atoms with van der Waals surface area (Å²) in [6.07, 6.45) is 15.8. The molecule has 0 unspecified atom stereocenters. The van der Waals surface area contributed by atoms with E-state index in [0.29, 0.717) is 10.8 Å². The highest BCUT2D eigenvalue weighted by Gasteiger charge is 2.59. The van der Waals surface area contributed by atoms with E-state index in [-0.39, 0.29) is 6.10 Å². The standard InChI is InChI=1S/C27H46O2/c1-18(7-6-8-19(2)28)22-11-12-23-21-10-9-20-17-25(3,29)15-16-26(20,4)24(21)13-14-27(22,23)5/h9,18-19,21-24,28-29H,6-8,10-17H2,1-5H3/t18-,19-,21+,22-,23+,24+,25+,26+,27-/m1/s1. The molecule has 2 heteroatoms. The van der Waals surface area contributed by atoms with Gasteiger partial charge >= 0.3 is 0 Å². The zero-order valence-electron chi connectivity index (χ0n) is 19.7. The van der Waals surface area contributed by atoms with Crippen LogP contribution >= 0.6 is 0 Å². The second kappa shape index (κ2) is 7.66. The maximum Gasteiger partial charge on any atom is 0.0657 e. The molecule has 0 aliphatic heterocycles. The SMILES string of the molecule is C[C@H](CCC[C@@H](C)O)[C@H]1CC[C@H]2[C@@H]3CC=C4C[C@@](C)(O)CC[C@]4(C)[C@H]3CC[C@]12C. The van der Waals surface area contributed by atoms with Crippen LogP contribution in [0.3, 0.4) is 0 Å². The van der Waals surface area contributed by atoms with E-state index in [1.165, 1.54) is 51.4 Å². The fraction of sp³-hybridized carbons (Fsp3) is 0.926. The van der Waals surface area contributed by atoms with E-state index in [1.54, 1.807) is 5.57 Å². The lowest BCUT2D eigenvalue weighted by Gasteiger charge is -2.59. The molecule has 2 nitrogen and oxygen atoms in total. The van der Waals surface area contributed by atoms with Gasteiger partial charge in [0.25, 0.3) is 0 Å². The number of rotatable bonds is 5. The molecule has 0 saturated heterocycles. The van der Waals surface area contributed by atoms with E-state index in [0.717, 1.165) is 48.9 Å². The summed E-state index contributed by atoms with van der Waals surface area (Å²) < 4.78 is 0. The quantitative estimate of drug-likeness (QED) is 0.515. The highest BCUT2D eigenvalue weighted by Crippen LogP contribution is 2.67. The predicted octanol–water partition coefficient (Wildman–Crippen LogP) is 6.50. The minimum Gasteiger partial charge on any atom is -0.393 e. The van der Waals surface area contributed by atoms with Crippen LogP contribution in [0.4, 0.5) is 0 Å². The lowest BCUT2D eigenvalue weighted by molar-refractivity contribution is -0.0706. The first-order valence-corrected chi connectivity index (χ1v) is 12.7. The second-order valence-electron chi connectivity index (χ2n) is 12.4. The molecule has 0 aromatic heterocycles. The summed E-state index contributed by atoms with van der Waals surface area (Å²) in [6, 6.07) is 0. The topological polar surface area (TPSA) is 40.5 Å². The van der Waals surface area contributed by atoms with Crippen molar-refractivity contribution in [2.24, 2.45) is 40.4 Å². The van der Waals surface area contributed by atoms with Gasteiger partial charge in [0.2, 0.25) is 0 Å². The number of aliphatic hydroxyl groups is 2. The molecule has 3 fully saturated rings. The zero-order valence-corrected chi connectivity index (χ0v) is 19.7. The van der Waals surface area contributed by atoms with Gasteiger partial charge < -0.3 is 10.2 Å². The minimum absolute atomic E-state index is 0.148. The summed E-state index contributed by atoms with van der Waals surface area (Å²) in [4.78, 5) is 0. The van der Waals surface area contributed by atoms with Crippen molar-refractivity contribution >= 4 is 0 Å². The predicted molar refractivity (Wildman–Crippen MR) is 121 cm³/mol. The Bertz CT molecular complexity index is 634. The Morgan fingerprint density at radius 2 is 1.76 bits per heavy atom. The molecule has 0 aromatic carbocycles. The number of allylic oxidation sites excluding steroid dienone is 1. The number of aliphatic hydroxyl groups excluding tert-OH is 1. The van der Waals surface area contributed by atoms with Gasteiger partial charge in [0.1, 0.15) is 0 Å². The molecule has 2 N–H and O–H groups in total. The molecule has 3 saturated carbocycles. The third-order valence-corrected chi connectivity index (χ3v) is 10.4. The van der Waals surface area contributed by atoms with Gasteiger partial charge in [0.15, 0.2) is 0 Å². The monoisotopic (exact) mass is 402 g/mol. The molecule has 0 radical (unpaired) electrons. The molecule has 0 heterocycles. The molecule has 166 valence electrons. The van der Waals surface area contributed by atoms with Crippen LogP contribution in [0.15, 0.2) is 11.6 Å². The van der Waals surface area contributed by atoms with Crippen molar-refractivity contribution in [3.63, 3.8) is 0 Å². The van der Waals surface area contributed by atoms with Crippen molar-refractivity contribution in [2.75, 3.05) is 0 Å². The summed E-state index contributed by atoms with van der Waals surface area (Å²) in [5.74, 6) is 4.24. The Morgan fingerprint density at radius 1 is 1.00 bits per heavy atom. The van der Waals surface area contributed by atoms with Gasteiger partial charge in [-0.15, -0.1) is 0 Å². The van der Waals surface area contributed by atoms with E-state index in [9.17, 15) is 10.2 Å². The van der Waals surface area contributed by atoms with Crippen molar-refractivity contribution in [3.05, 3.63) is 11.6 Å². The molecular weight excluding hydrogens is 356 g/mol. The van der Waals surface area contributed by atoms with Gasteiger partial charge in [-0.1, -0.05) is 45.3 Å². The van der Waals surface area contributed by atoms with E-state index >= 15 is 0 Å². The van der Waals surface area contributed by atoms with E-state index in [1.807, 2.05) is 13.8 Å².